The van der Waals surface area contributed by atoms with Gasteiger partial charge < -0.3 is 19.5 Å². The summed E-state index contributed by atoms with van der Waals surface area (Å²) in [6, 6.07) is 5.47. The Kier molecular flexibility index (Phi) is 5.76. The molecule has 0 spiro atoms. The Hall–Kier alpha value is -1.40. The second-order valence-corrected chi connectivity index (χ2v) is 4.99. The van der Waals surface area contributed by atoms with Crippen molar-refractivity contribution < 1.29 is 23.0 Å². The van der Waals surface area contributed by atoms with Crippen LogP contribution in [0.15, 0.2) is 18.2 Å². The normalized spacial score (nSPS) is 21.2. The summed E-state index contributed by atoms with van der Waals surface area (Å²) in [7, 11) is 1.42. The number of hydrogen-bond donors (Lipinski definition) is 1. The van der Waals surface area contributed by atoms with Crippen LogP contribution in [-0.4, -0.2) is 32.5 Å². The van der Waals surface area contributed by atoms with E-state index < -0.39 is 6.61 Å². The quantitative estimate of drug-likeness (QED) is 0.801. The van der Waals surface area contributed by atoms with Crippen LogP contribution in [0.4, 0.5) is 8.78 Å². The summed E-state index contributed by atoms with van der Waals surface area (Å²) in [5, 5.41) is 3.38. The fourth-order valence-electron chi connectivity index (χ4n) is 2.39. The zero-order valence-electron chi connectivity index (χ0n) is 12.3. The van der Waals surface area contributed by atoms with Gasteiger partial charge in [-0.1, -0.05) is 6.07 Å². The van der Waals surface area contributed by atoms with Crippen LogP contribution in [0.25, 0.3) is 0 Å². The second kappa shape index (κ2) is 7.56. The number of hydrogen-bond acceptors (Lipinski definition) is 4. The molecule has 0 heterocycles. The lowest BCUT2D eigenvalue weighted by Crippen LogP contribution is -2.45. The standard InChI is InChI=1S/C15H21F2NO3/c1-3-20-12-7-11(8-12)18-9-10-4-5-13(19-2)14(6-10)21-15(16)17/h4-6,11-12,15,18H,3,7-9H2,1-2H3. The summed E-state index contributed by atoms with van der Waals surface area (Å²) in [4.78, 5) is 0. The Bertz CT molecular complexity index is 451. The predicted molar refractivity (Wildman–Crippen MR) is 74.9 cm³/mol. The van der Waals surface area contributed by atoms with E-state index in [2.05, 4.69) is 10.1 Å². The van der Waals surface area contributed by atoms with E-state index in [-0.39, 0.29) is 5.75 Å². The summed E-state index contributed by atoms with van der Waals surface area (Å²) in [6.07, 6.45) is 2.33. The molecule has 0 saturated heterocycles. The topological polar surface area (TPSA) is 39.7 Å². The molecule has 118 valence electrons. The van der Waals surface area contributed by atoms with E-state index in [4.69, 9.17) is 9.47 Å². The highest BCUT2D eigenvalue weighted by molar-refractivity contribution is 5.43. The molecule has 1 aliphatic carbocycles. The average Bonchev–Trinajstić information content (AvgIpc) is 2.40. The molecule has 0 bridgehead atoms. The van der Waals surface area contributed by atoms with E-state index in [1.165, 1.54) is 7.11 Å². The molecule has 1 aliphatic rings. The van der Waals surface area contributed by atoms with Gasteiger partial charge in [0.15, 0.2) is 11.5 Å². The van der Waals surface area contributed by atoms with Gasteiger partial charge >= 0.3 is 6.61 Å². The Morgan fingerprint density at radius 3 is 2.67 bits per heavy atom. The van der Waals surface area contributed by atoms with Crippen molar-refractivity contribution >= 4 is 0 Å². The highest BCUT2D eigenvalue weighted by Gasteiger charge is 2.28. The Labute approximate surface area is 123 Å². The third-order valence-electron chi connectivity index (χ3n) is 3.54. The molecular weight excluding hydrogens is 280 g/mol. The highest BCUT2D eigenvalue weighted by atomic mass is 19.3. The smallest absolute Gasteiger partial charge is 0.387 e. The lowest BCUT2D eigenvalue weighted by molar-refractivity contribution is -0.0512. The van der Waals surface area contributed by atoms with Crippen LogP contribution in [0.1, 0.15) is 25.3 Å². The van der Waals surface area contributed by atoms with Crippen LogP contribution in [0.5, 0.6) is 11.5 Å². The Morgan fingerprint density at radius 2 is 2.05 bits per heavy atom. The molecule has 1 N–H and O–H groups in total. The van der Waals surface area contributed by atoms with Crippen molar-refractivity contribution in [1.82, 2.24) is 5.32 Å². The van der Waals surface area contributed by atoms with Gasteiger partial charge in [0, 0.05) is 19.2 Å². The second-order valence-electron chi connectivity index (χ2n) is 4.99. The molecule has 0 atom stereocenters. The van der Waals surface area contributed by atoms with Gasteiger partial charge in [0.1, 0.15) is 0 Å². The maximum absolute atomic E-state index is 12.4. The molecule has 0 unspecified atom stereocenters. The first-order valence-electron chi connectivity index (χ1n) is 7.09. The molecule has 6 heteroatoms. The number of alkyl halides is 2. The van der Waals surface area contributed by atoms with Crippen molar-refractivity contribution in [3.63, 3.8) is 0 Å². The summed E-state index contributed by atoms with van der Waals surface area (Å²) in [5.74, 6) is 0.367. The number of ether oxygens (including phenoxy) is 3. The fraction of sp³-hybridized carbons (Fsp3) is 0.600. The molecule has 21 heavy (non-hydrogen) atoms. The first kappa shape index (κ1) is 16.0. The summed E-state index contributed by atoms with van der Waals surface area (Å²) >= 11 is 0. The number of methoxy groups -OCH3 is 1. The van der Waals surface area contributed by atoms with E-state index in [9.17, 15) is 8.78 Å². The summed E-state index contributed by atoms with van der Waals surface area (Å²) in [5.41, 5.74) is 0.881. The van der Waals surface area contributed by atoms with Gasteiger partial charge in [0.25, 0.3) is 0 Å². The third-order valence-corrected chi connectivity index (χ3v) is 3.54. The fourth-order valence-corrected chi connectivity index (χ4v) is 2.39. The van der Waals surface area contributed by atoms with Gasteiger partial charge in [-0.15, -0.1) is 0 Å². The molecule has 1 saturated carbocycles. The van der Waals surface area contributed by atoms with Crippen molar-refractivity contribution in [3.8, 4) is 11.5 Å². The third kappa shape index (κ3) is 4.54. The van der Waals surface area contributed by atoms with Crippen LogP contribution in [-0.2, 0) is 11.3 Å². The number of halogens is 2. The molecule has 0 aliphatic heterocycles. The van der Waals surface area contributed by atoms with Crippen LogP contribution in [0.3, 0.4) is 0 Å². The molecule has 4 nitrogen and oxygen atoms in total. The minimum absolute atomic E-state index is 0.0626. The molecule has 1 fully saturated rings. The highest BCUT2D eigenvalue weighted by Crippen LogP contribution is 2.30. The average molecular weight is 301 g/mol. The van der Waals surface area contributed by atoms with Crippen molar-refractivity contribution in [2.45, 2.75) is 45.1 Å². The number of benzene rings is 1. The van der Waals surface area contributed by atoms with Gasteiger partial charge in [-0.25, -0.2) is 0 Å². The molecule has 0 radical (unpaired) electrons. The molecule has 0 amide bonds. The van der Waals surface area contributed by atoms with Gasteiger partial charge in [-0.3, -0.25) is 0 Å². The van der Waals surface area contributed by atoms with E-state index in [0.29, 0.717) is 24.4 Å². The van der Waals surface area contributed by atoms with Gasteiger partial charge in [0.2, 0.25) is 0 Å². The van der Waals surface area contributed by atoms with E-state index in [1.54, 1.807) is 12.1 Å². The minimum atomic E-state index is -2.86. The number of nitrogens with one attached hydrogen (secondary N) is 1. The lowest BCUT2D eigenvalue weighted by Gasteiger charge is -2.35. The van der Waals surface area contributed by atoms with Gasteiger partial charge in [-0.05, 0) is 37.5 Å². The van der Waals surface area contributed by atoms with Crippen molar-refractivity contribution in [2.75, 3.05) is 13.7 Å². The zero-order chi connectivity index (χ0) is 15.2. The molecule has 1 aromatic rings. The minimum Gasteiger partial charge on any atom is -0.493 e. The monoisotopic (exact) mass is 301 g/mol. The number of rotatable bonds is 8. The summed E-state index contributed by atoms with van der Waals surface area (Å²) < 4.78 is 39.7. The predicted octanol–water partition coefficient (Wildman–Crippen LogP) is 2.95. The maximum atomic E-state index is 12.4. The van der Waals surface area contributed by atoms with Gasteiger partial charge in [0.05, 0.1) is 13.2 Å². The van der Waals surface area contributed by atoms with Crippen LogP contribution in [0, 0.1) is 0 Å². The maximum Gasteiger partial charge on any atom is 0.387 e. The van der Waals surface area contributed by atoms with Crippen LogP contribution < -0.4 is 14.8 Å². The largest absolute Gasteiger partial charge is 0.493 e. The lowest BCUT2D eigenvalue weighted by atomic mass is 9.89. The van der Waals surface area contributed by atoms with Crippen LogP contribution in [0.2, 0.25) is 0 Å². The first-order chi connectivity index (χ1) is 10.1. The molecular formula is C15H21F2NO3. The zero-order valence-corrected chi connectivity index (χ0v) is 12.3. The van der Waals surface area contributed by atoms with E-state index >= 15 is 0 Å². The molecule has 0 aromatic heterocycles. The molecule has 1 aromatic carbocycles. The van der Waals surface area contributed by atoms with Gasteiger partial charge in [-0.2, -0.15) is 8.78 Å². The summed E-state index contributed by atoms with van der Waals surface area (Å²) in [6.45, 7) is 0.473. The SMILES string of the molecule is CCOC1CC(NCc2ccc(OC)c(OC(F)F)c2)C1. The van der Waals surface area contributed by atoms with Crippen LogP contribution >= 0.6 is 0 Å². The Balaban J connectivity index is 1.86. The Morgan fingerprint density at radius 1 is 1.29 bits per heavy atom. The van der Waals surface area contributed by atoms with Crippen molar-refractivity contribution in [3.05, 3.63) is 23.8 Å². The van der Waals surface area contributed by atoms with E-state index in [1.807, 2.05) is 13.0 Å². The van der Waals surface area contributed by atoms with Crippen molar-refractivity contribution in [2.24, 2.45) is 0 Å². The van der Waals surface area contributed by atoms with Crippen molar-refractivity contribution in [1.29, 1.82) is 0 Å². The first-order valence-corrected chi connectivity index (χ1v) is 7.09. The molecule has 2 rings (SSSR count). The van der Waals surface area contributed by atoms with E-state index in [0.717, 1.165) is 25.0 Å².